The van der Waals surface area contributed by atoms with Crippen molar-refractivity contribution in [2.75, 3.05) is 0 Å². The van der Waals surface area contributed by atoms with E-state index in [1.165, 1.54) is 4.68 Å². The van der Waals surface area contributed by atoms with Crippen LogP contribution in [0.1, 0.15) is 16.2 Å². The van der Waals surface area contributed by atoms with Crippen molar-refractivity contribution < 1.29 is 4.79 Å². The zero-order chi connectivity index (χ0) is 11.7. The Hall–Kier alpha value is -2.24. The van der Waals surface area contributed by atoms with Gasteiger partial charge in [-0.1, -0.05) is 0 Å². The summed E-state index contributed by atoms with van der Waals surface area (Å²) in [5.74, 6) is -0.530. The van der Waals surface area contributed by atoms with E-state index in [0.29, 0.717) is 17.0 Å². The summed E-state index contributed by atoms with van der Waals surface area (Å²) in [5, 5.41) is 3.98. The third-order valence-electron chi connectivity index (χ3n) is 2.23. The zero-order valence-corrected chi connectivity index (χ0v) is 9.01. The number of hydrogen-bond donors (Lipinski definition) is 1. The van der Waals surface area contributed by atoms with Crippen LogP contribution in [0.5, 0.6) is 0 Å². The van der Waals surface area contributed by atoms with Crippen LogP contribution in [0.4, 0.5) is 0 Å². The molecule has 0 spiro atoms. The molecule has 0 unspecified atom stereocenters. The summed E-state index contributed by atoms with van der Waals surface area (Å²) >= 11 is 0. The van der Waals surface area contributed by atoms with E-state index in [4.69, 9.17) is 5.73 Å². The van der Waals surface area contributed by atoms with Crippen molar-refractivity contribution in [1.29, 1.82) is 0 Å². The predicted octanol–water partition coefficient (Wildman–Crippen LogP) is 0.284. The first kappa shape index (κ1) is 10.3. The number of hydrogen-bond acceptors (Lipinski definition) is 4. The minimum atomic E-state index is -0.530. The lowest BCUT2D eigenvalue weighted by molar-refractivity contribution is 0.0992. The molecular formula is C10H11N5O. The van der Waals surface area contributed by atoms with E-state index in [1.807, 2.05) is 6.92 Å². The van der Waals surface area contributed by atoms with E-state index in [-0.39, 0.29) is 0 Å². The van der Waals surface area contributed by atoms with Crippen molar-refractivity contribution in [3.05, 3.63) is 30.0 Å². The molecule has 2 N–H and O–H groups in total. The normalized spacial score (nSPS) is 10.4. The lowest BCUT2D eigenvalue weighted by Crippen LogP contribution is -2.17. The fraction of sp³-hybridized carbons (Fsp3) is 0.200. The molecule has 0 bridgehead atoms. The third kappa shape index (κ3) is 1.65. The number of aryl methyl sites for hydroxylation is 2. The van der Waals surface area contributed by atoms with Crippen LogP contribution >= 0.6 is 0 Å². The number of amides is 1. The van der Waals surface area contributed by atoms with Crippen LogP contribution in [0.2, 0.25) is 0 Å². The summed E-state index contributed by atoms with van der Waals surface area (Å²) in [7, 11) is 1.66. The molecule has 0 fully saturated rings. The Balaban J connectivity index is 2.56. The van der Waals surface area contributed by atoms with E-state index in [1.54, 1.807) is 25.6 Å². The van der Waals surface area contributed by atoms with E-state index < -0.39 is 5.91 Å². The maximum absolute atomic E-state index is 11.3. The zero-order valence-electron chi connectivity index (χ0n) is 9.01. The summed E-state index contributed by atoms with van der Waals surface area (Å²) in [6.07, 6.45) is 4.78. The minimum absolute atomic E-state index is 0.332. The molecule has 0 saturated heterocycles. The highest BCUT2D eigenvalue weighted by atomic mass is 16.1. The molecule has 0 aliphatic heterocycles. The first-order valence-corrected chi connectivity index (χ1v) is 4.70. The van der Waals surface area contributed by atoms with Gasteiger partial charge in [0.2, 0.25) is 0 Å². The van der Waals surface area contributed by atoms with Gasteiger partial charge in [0.15, 0.2) is 0 Å². The number of rotatable bonds is 2. The quantitative estimate of drug-likeness (QED) is 0.782. The SMILES string of the molecule is Cc1cnc(-c2cnn(C)c2C(N)=O)cn1. The maximum atomic E-state index is 11.3. The number of aromatic nitrogens is 4. The summed E-state index contributed by atoms with van der Waals surface area (Å²) in [5.41, 5.74) is 7.61. The number of carbonyl (C=O) groups excluding carboxylic acids is 1. The second-order valence-electron chi connectivity index (χ2n) is 3.44. The van der Waals surface area contributed by atoms with E-state index >= 15 is 0 Å². The first-order valence-electron chi connectivity index (χ1n) is 4.70. The second kappa shape index (κ2) is 3.73. The van der Waals surface area contributed by atoms with Crippen molar-refractivity contribution in [2.24, 2.45) is 12.8 Å². The van der Waals surface area contributed by atoms with Gasteiger partial charge in [-0.2, -0.15) is 5.10 Å². The lowest BCUT2D eigenvalue weighted by Gasteiger charge is -2.01. The third-order valence-corrected chi connectivity index (χ3v) is 2.23. The van der Waals surface area contributed by atoms with Crippen molar-refractivity contribution in [2.45, 2.75) is 6.92 Å². The molecule has 2 aromatic rings. The average Bonchev–Trinajstić information content (AvgIpc) is 2.61. The highest BCUT2D eigenvalue weighted by Crippen LogP contribution is 2.19. The first-order chi connectivity index (χ1) is 7.59. The van der Waals surface area contributed by atoms with Gasteiger partial charge in [-0.15, -0.1) is 0 Å². The molecule has 6 nitrogen and oxygen atoms in total. The fourth-order valence-corrected chi connectivity index (χ4v) is 1.45. The Bertz CT molecular complexity index is 529. The van der Waals surface area contributed by atoms with E-state index in [2.05, 4.69) is 15.1 Å². The van der Waals surface area contributed by atoms with Gasteiger partial charge >= 0.3 is 0 Å². The van der Waals surface area contributed by atoms with Gasteiger partial charge in [-0.05, 0) is 6.92 Å². The average molecular weight is 217 g/mol. The Morgan fingerprint density at radius 3 is 2.62 bits per heavy atom. The summed E-state index contributed by atoms with van der Waals surface area (Å²) in [4.78, 5) is 19.6. The molecule has 0 aromatic carbocycles. The van der Waals surface area contributed by atoms with Crippen molar-refractivity contribution in [3.8, 4) is 11.3 Å². The number of primary amides is 1. The molecule has 2 rings (SSSR count). The van der Waals surface area contributed by atoms with Crippen LogP contribution in [-0.4, -0.2) is 25.7 Å². The van der Waals surface area contributed by atoms with Gasteiger partial charge in [0.05, 0.1) is 29.3 Å². The highest BCUT2D eigenvalue weighted by Gasteiger charge is 2.16. The van der Waals surface area contributed by atoms with Crippen molar-refractivity contribution in [3.63, 3.8) is 0 Å². The molecular weight excluding hydrogens is 206 g/mol. The van der Waals surface area contributed by atoms with Crippen LogP contribution in [0.15, 0.2) is 18.6 Å². The Kier molecular flexibility index (Phi) is 2.40. The molecule has 2 heterocycles. The van der Waals surface area contributed by atoms with Crippen LogP contribution in [0.25, 0.3) is 11.3 Å². The monoisotopic (exact) mass is 217 g/mol. The number of nitrogens with zero attached hydrogens (tertiary/aromatic N) is 4. The molecule has 0 saturated carbocycles. The summed E-state index contributed by atoms with van der Waals surface area (Å²) in [6.45, 7) is 1.84. The van der Waals surface area contributed by atoms with Gasteiger partial charge in [0.25, 0.3) is 5.91 Å². The topological polar surface area (TPSA) is 86.7 Å². The lowest BCUT2D eigenvalue weighted by atomic mass is 10.2. The number of carbonyl (C=O) groups is 1. The van der Waals surface area contributed by atoms with Crippen molar-refractivity contribution in [1.82, 2.24) is 19.7 Å². The molecule has 1 amide bonds. The smallest absolute Gasteiger partial charge is 0.267 e. The fourth-order valence-electron chi connectivity index (χ4n) is 1.45. The summed E-state index contributed by atoms with van der Waals surface area (Å²) in [6, 6.07) is 0. The van der Waals surface area contributed by atoms with Gasteiger partial charge in [0.1, 0.15) is 5.69 Å². The van der Waals surface area contributed by atoms with Crippen LogP contribution in [-0.2, 0) is 7.05 Å². The molecule has 6 heteroatoms. The second-order valence-corrected chi connectivity index (χ2v) is 3.44. The van der Waals surface area contributed by atoms with Crippen LogP contribution < -0.4 is 5.73 Å². The Labute approximate surface area is 92.1 Å². The van der Waals surface area contributed by atoms with E-state index in [9.17, 15) is 4.79 Å². The van der Waals surface area contributed by atoms with Crippen molar-refractivity contribution >= 4 is 5.91 Å². The highest BCUT2D eigenvalue weighted by molar-refractivity contribution is 5.97. The predicted molar refractivity (Wildman–Crippen MR) is 57.5 cm³/mol. The van der Waals surface area contributed by atoms with Gasteiger partial charge in [-0.25, -0.2) is 0 Å². The molecule has 0 atom stereocenters. The molecule has 2 aromatic heterocycles. The van der Waals surface area contributed by atoms with Crippen LogP contribution in [0, 0.1) is 6.92 Å². The standard InChI is InChI=1S/C10H11N5O/c1-6-3-13-8(5-12-6)7-4-14-15(2)9(7)10(11)16/h3-5H,1-2H3,(H2,11,16). The maximum Gasteiger partial charge on any atom is 0.267 e. The molecule has 16 heavy (non-hydrogen) atoms. The van der Waals surface area contributed by atoms with Gasteiger partial charge in [-0.3, -0.25) is 19.4 Å². The van der Waals surface area contributed by atoms with Crippen LogP contribution in [0.3, 0.4) is 0 Å². The van der Waals surface area contributed by atoms with Gasteiger partial charge < -0.3 is 5.73 Å². The van der Waals surface area contributed by atoms with Gasteiger partial charge in [0, 0.05) is 13.2 Å². The molecule has 82 valence electrons. The minimum Gasteiger partial charge on any atom is -0.364 e. The Morgan fingerprint density at radius 2 is 2.06 bits per heavy atom. The van der Waals surface area contributed by atoms with E-state index in [0.717, 1.165) is 5.69 Å². The molecule has 0 aliphatic carbocycles. The molecule has 0 radical (unpaired) electrons. The largest absolute Gasteiger partial charge is 0.364 e. The Morgan fingerprint density at radius 1 is 1.31 bits per heavy atom. The summed E-state index contributed by atoms with van der Waals surface area (Å²) < 4.78 is 1.43. The number of nitrogens with two attached hydrogens (primary N) is 1. The molecule has 0 aliphatic rings.